The fourth-order valence-electron chi connectivity index (χ4n) is 0.675. The lowest BCUT2D eigenvalue weighted by atomic mass is 10.4. The van der Waals surface area contributed by atoms with Crippen molar-refractivity contribution in [1.82, 2.24) is 4.98 Å². The average Bonchev–Trinajstić information content (AvgIpc) is 2.71. The van der Waals surface area contributed by atoms with Gasteiger partial charge in [-0.15, -0.1) is 11.3 Å². The summed E-state index contributed by atoms with van der Waals surface area (Å²) in [6.45, 7) is 12.3. The van der Waals surface area contributed by atoms with Gasteiger partial charge >= 0.3 is 0 Å². The van der Waals surface area contributed by atoms with Crippen molar-refractivity contribution in [2.24, 2.45) is 0 Å². The van der Waals surface area contributed by atoms with Crippen LogP contribution in [0.4, 0.5) is 0 Å². The number of hydrogen-bond acceptors (Lipinski definition) is 2. The molecular formula is C11H23NS. The van der Waals surface area contributed by atoms with Crippen molar-refractivity contribution in [1.29, 1.82) is 0 Å². The van der Waals surface area contributed by atoms with E-state index < -0.39 is 0 Å². The van der Waals surface area contributed by atoms with Crippen LogP contribution in [0.15, 0.2) is 6.20 Å². The summed E-state index contributed by atoms with van der Waals surface area (Å²) < 4.78 is 0. The lowest BCUT2D eigenvalue weighted by molar-refractivity contribution is 1.09. The standard InChI is InChI=1S/C7H11NS.2C2H6/c1-3-6-5-8-7(4-2)9-6;2*1-2/h5H,3-4H2,1-2H3;2*1-2H3. The Balaban J connectivity index is 0. The molecule has 0 aliphatic carbocycles. The van der Waals surface area contributed by atoms with Gasteiger partial charge in [0.2, 0.25) is 0 Å². The lowest BCUT2D eigenvalue weighted by Crippen LogP contribution is -1.70. The molecule has 78 valence electrons. The lowest BCUT2D eigenvalue weighted by Gasteiger charge is -1.81. The SMILES string of the molecule is CC.CC.CCc1cnc(CC)s1. The second kappa shape index (κ2) is 11.6. The zero-order chi connectivity index (χ0) is 10.7. The molecular weight excluding hydrogens is 178 g/mol. The fourth-order valence-corrected chi connectivity index (χ4v) is 1.48. The van der Waals surface area contributed by atoms with Crippen LogP contribution in [0.25, 0.3) is 0 Å². The quantitative estimate of drug-likeness (QED) is 0.694. The Morgan fingerprint density at radius 2 is 1.62 bits per heavy atom. The number of rotatable bonds is 2. The fraction of sp³-hybridized carbons (Fsp3) is 0.727. The van der Waals surface area contributed by atoms with Crippen LogP contribution < -0.4 is 0 Å². The Morgan fingerprint density at radius 1 is 1.08 bits per heavy atom. The van der Waals surface area contributed by atoms with Crippen molar-refractivity contribution in [2.45, 2.75) is 54.4 Å². The molecule has 0 aliphatic rings. The van der Waals surface area contributed by atoms with Crippen molar-refractivity contribution >= 4 is 11.3 Å². The number of thiazole rings is 1. The van der Waals surface area contributed by atoms with Gasteiger partial charge in [0.1, 0.15) is 0 Å². The minimum atomic E-state index is 1.07. The number of aromatic nitrogens is 1. The van der Waals surface area contributed by atoms with Gasteiger partial charge in [-0.25, -0.2) is 4.98 Å². The highest BCUT2D eigenvalue weighted by molar-refractivity contribution is 7.11. The molecule has 1 heterocycles. The molecule has 0 saturated carbocycles. The van der Waals surface area contributed by atoms with Crippen molar-refractivity contribution in [3.63, 3.8) is 0 Å². The average molecular weight is 201 g/mol. The molecule has 0 bridgehead atoms. The van der Waals surface area contributed by atoms with E-state index in [0.717, 1.165) is 12.8 Å². The second-order valence-corrected chi connectivity index (χ2v) is 3.13. The number of hydrogen-bond donors (Lipinski definition) is 0. The highest BCUT2D eigenvalue weighted by Gasteiger charge is 1.94. The maximum Gasteiger partial charge on any atom is 0.0924 e. The molecule has 0 N–H and O–H groups in total. The van der Waals surface area contributed by atoms with E-state index in [-0.39, 0.29) is 0 Å². The molecule has 1 rings (SSSR count). The van der Waals surface area contributed by atoms with E-state index in [1.807, 2.05) is 45.2 Å². The molecule has 13 heavy (non-hydrogen) atoms. The molecule has 1 aromatic heterocycles. The van der Waals surface area contributed by atoms with Crippen LogP contribution in [0, 0.1) is 0 Å². The highest BCUT2D eigenvalue weighted by Crippen LogP contribution is 2.12. The van der Waals surface area contributed by atoms with Crippen molar-refractivity contribution in [3.8, 4) is 0 Å². The van der Waals surface area contributed by atoms with Gasteiger partial charge in [-0.05, 0) is 12.8 Å². The third-order valence-electron chi connectivity index (χ3n) is 1.25. The van der Waals surface area contributed by atoms with Gasteiger partial charge in [-0.1, -0.05) is 41.5 Å². The van der Waals surface area contributed by atoms with Crippen LogP contribution in [0.3, 0.4) is 0 Å². The second-order valence-electron chi connectivity index (χ2n) is 1.93. The molecule has 0 amide bonds. The van der Waals surface area contributed by atoms with Crippen molar-refractivity contribution < 1.29 is 0 Å². The van der Waals surface area contributed by atoms with E-state index >= 15 is 0 Å². The summed E-state index contributed by atoms with van der Waals surface area (Å²) in [5, 5.41) is 1.26. The molecule has 1 nitrogen and oxygen atoms in total. The summed E-state index contributed by atoms with van der Waals surface area (Å²) in [7, 11) is 0. The molecule has 2 heteroatoms. The first kappa shape index (κ1) is 15.1. The topological polar surface area (TPSA) is 12.9 Å². The first-order valence-electron chi connectivity index (χ1n) is 5.30. The van der Waals surface area contributed by atoms with Gasteiger partial charge in [0.15, 0.2) is 0 Å². The third kappa shape index (κ3) is 6.76. The van der Waals surface area contributed by atoms with E-state index in [9.17, 15) is 0 Å². The van der Waals surface area contributed by atoms with Gasteiger partial charge in [0, 0.05) is 11.1 Å². The van der Waals surface area contributed by atoms with Gasteiger partial charge < -0.3 is 0 Å². The van der Waals surface area contributed by atoms with Crippen LogP contribution >= 0.6 is 11.3 Å². The molecule has 0 spiro atoms. The first-order chi connectivity index (χ1) is 6.36. The summed E-state index contributed by atoms with van der Waals surface area (Å²) in [6.07, 6.45) is 4.17. The summed E-state index contributed by atoms with van der Waals surface area (Å²) in [5.74, 6) is 0. The van der Waals surface area contributed by atoms with E-state index in [4.69, 9.17) is 0 Å². The van der Waals surface area contributed by atoms with E-state index in [0.29, 0.717) is 0 Å². The summed E-state index contributed by atoms with van der Waals surface area (Å²) in [5.41, 5.74) is 0. The summed E-state index contributed by atoms with van der Waals surface area (Å²) in [4.78, 5) is 5.62. The Hall–Kier alpha value is -0.370. The van der Waals surface area contributed by atoms with Crippen molar-refractivity contribution in [3.05, 3.63) is 16.1 Å². The minimum Gasteiger partial charge on any atom is -0.249 e. The summed E-state index contributed by atoms with van der Waals surface area (Å²) >= 11 is 1.82. The zero-order valence-corrected chi connectivity index (χ0v) is 10.7. The molecule has 0 saturated heterocycles. The van der Waals surface area contributed by atoms with Gasteiger partial charge in [-0.3, -0.25) is 0 Å². The molecule has 0 atom stereocenters. The predicted octanol–water partition coefficient (Wildman–Crippen LogP) is 4.32. The minimum absolute atomic E-state index is 1.07. The van der Waals surface area contributed by atoms with Gasteiger partial charge in [-0.2, -0.15) is 0 Å². The van der Waals surface area contributed by atoms with E-state index in [1.165, 1.54) is 9.88 Å². The Labute approximate surface area is 87.2 Å². The van der Waals surface area contributed by atoms with Crippen LogP contribution in [-0.4, -0.2) is 4.98 Å². The van der Waals surface area contributed by atoms with Crippen LogP contribution in [0.5, 0.6) is 0 Å². The highest BCUT2D eigenvalue weighted by atomic mass is 32.1. The number of aryl methyl sites for hydroxylation is 2. The van der Waals surface area contributed by atoms with E-state index in [1.54, 1.807) is 0 Å². The molecule has 0 radical (unpaired) electrons. The largest absolute Gasteiger partial charge is 0.249 e. The van der Waals surface area contributed by atoms with Gasteiger partial charge in [0.05, 0.1) is 5.01 Å². The van der Waals surface area contributed by atoms with Crippen LogP contribution in [0.2, 0.25) is 0 Å². The molecule has 0 fully saturated rings. The first-order valence-corrected chi connectivity index (χ1v) is 6.12. The summed E-state index contributed by atoms with van der Waals surface area (Å²) in [6, 6.07) is 0. The molecule has 1 aromatic rings. The Kier molecular flexibility index (Phi) is 13.5. The van der Waals surface area contributed by atoms with Crippen LogP contribution in [-0.2, 0) is 12.8 Å². The number of nitrogens with zero attached hydrogens (tertiary/aromatic N) is 1. The monoisotopic (exact) mass is 201 g/mol. The normalized spacial score (nSPS) is 7.85. The molecule has 0 aromatic carbocycles. The Bertz CT molecular complexity index is 163. The third-order valence-corrected chi connectivity index (χ3v) is 2.54. The van der Waals surface area contributed by atoms with Gasteiger partial charge in [0.25, 0.3) is 0 Å². The Morgan fingerprint density at radius 3 is 1.85 bits per heavy atom. The molecule has 0 unspecified atom stereocenters. The van der Waals surface area contributed by atoms with E-state index in [2.05, 4.69) is 18.8 Å². The zero-order valence-electron chi connectivity index (χ0n) is 9.85. The molecule has 0 aliphatic heterocycles. The smallest absolute Gasteiger partial charge is 0.0924 e. The predicted molar refractivity (Wildman–Crippen MR) is 63.6 cm³/mol. The maximum absolute atomic E-state index is 4.22. The van der Waals surface area contributed by atoms with Crippen molar-refractivity contribution in [2.75, 3.05) is 0 Å². The van der Waals surface area contributed by atoms with Crippen LogP contribution in [0.1, 0.15) is 51.4 Å². The maximum atomic E-state index is 4.22.